The van der Waals surface area contributed by atoms with Crippen molar-refractivity contribution < 1.29 is 9.53 Å². The van der Waals surface area contributed by atoms with Crippen molar-refractivity contribution in [3.63, 3.8) is 0 Å². The molecule has 92 valence electrons. The summed E-state index contributed by atoms with van der Waals surface area (Å²) in [5.74, 6) is -0.334. The van der Waals surface area contributed by atoms with E-state index in [0.717, 1.165) is 18.5 Å². The third kappa shape index (κ3) is 3.31. The Kier molecular flexibility index (Phi) is 5.21. The van der Waals surface area contributed by atoms with Crippen molar-refractivity contribution in [2.75, 3.05) is 6.61 Å². The molecule has 17 heavy (non-hydrogen) atoms. The van der Waals surface area contributed by atoms with Gasteiger partial charge in [0.05, 0.1) is 37.5 Å². The number of hydrogen-bond donors (Lipinski definition) is 0. The SMILES string of the molecule is CCCc1c(C(=O)OCC)cnn1CCC#N. The standard InChI is InChI=1S/C12H17N3O2/c1-3-6-11-10(12(16)17-4-2)9-14-15(11)8-5-7-13/h9H,3-6,8H2,1-2H3. The van der Waals surface area contributed by atoms with Crippen molar-refractivity contribution >= 4 is 5.97 Å². The monoisotopic (exact) mass is 235 g/mol. The topological polar surface area (TPSA) is 67.9 Å². The molecule has 0 bridgehead atoms. The fourth-order valence-electron chi connectivity index (χ4n) is 1.64. The molecule has 0 aromatic carbocycles. The van der Waals surface area contributed by atoms with Crippen LogP contribution in [-0.4, -0.2) is 22.4 Å². The lowest BCUT2D eigenvalue weighted by Gasteiger charge is -2.06. The zero-order valence-corrected chi connectivity index (χ0v) is 10.3. The number of ether oxygens (including phenoxy) is 1. The highest BCUT2D eigenvalue weighted by Crippen LogP contribution is 2.13. The zero-order valence-electron chi connectivity index (χ0n) is 10.3. The Hall–Kier alpha value is -1.83. The molecule has 0 amide bonds. The average molecular weight is 235 g/mol. The second-order valence-corrected chi connectivity index (χ2v) is 3.61. The van der Waals surface area contributed by atoms with Gasteiger partial charge in [-0.3, -0.25) is 4.68 Å². The Labute approximate surface area is 101 Å². The highest BCUT2D eigenvalue weighted by Gasteiger charge is 2.17. The predicted molar refractivity (Wildman–Crippen MR) is 62.4 cm³/mol. The van der Waals surface area contributed by atoms with Crippen LogP contribution in [0.1, 0.15) is 42.7 Å². The fourth-order valence-corrected chi connectivity index (χ4v) is 1.64. The van der Waals surface area contributed by atoms with Crippen molar-refractivity contribution in [1.29, 1.82) is 5.26 Å². The number of rotatable bonds is 6. The molecule has 0 atom stereocenters. The lowest BCUT2D eigenvalue weighted by atomic mass is 10.1. The van der Waals surface area contributed by atoms with Crippen LogP contribution in [0.25, 0.3) is 0 Å². The average Bonchev–Trinajstić information content (AvgIpc) is 2.70. The number of carbonyl (C=O) groups excluding carboxylic acids is 1. The number of nitrogens with zero attached hydrogens (tertiary/aromatic N) is 3. The van der Waals surface area contributed by atoms with Crippen molar-refractivity contribution in [2.24, 2.45) is 0 Å². The summed E-state index contributed by atoms with van der Waals surface area (Å²) in [7, 11) is 0. The molecule has 5 nitrogen and oxygen atoms in total. The van der Waals surface area contributed by atoms with E-state index >= 15 is 0 Å². The third-order valence-corrected chi connectivity index (χ3v) is 2.37. The van der Waals surface area contributed by atoms with Gasteiger partial charge in [0.2, 0.25) is 0 Å². The smallest absolute Gasteiger partial charge is 0.341 e. The van der Waals surface area contributed by atoms with Gasteiger partial charge in [-0.1, -0.05) is 13.3 Å². The van der Waals surface area contributed by atoms with E-state index in [4.69, 9.17) is 10.00 Å². The van der Waals surface area contributed by atoms with Gasteiger partial charge in [0.15, 0.2) is 0 Å². The molecule has 1 aromatic heterocycles. The minimum absolute atomic E-state index is 0.334. The third-order valence-electron chi connectivity index (χ3n) is 2.37. The molecule has 0 saturated carbocycles. The van der Waals surface area contributed by atoms with E-state index in [1.165, 1.54) is 6.20 Å². The summed E-state index contributed by atoms with van der Waals surface area (Å²) < 4.78 is 6.70. The number of aromatic nitrogens is 2. The van der Waals surface area contributed by atoms with Gasteiger partial charge < -0.3 is 4.74 Å². The predicted octanol–water partition coefficient (Wildman–Crippen LogP) is 1.93. The van der Waals surface area contributed by atoms with Crippen LogP contribution in [0.3, 0.4) is 0 Å². The fraction of sp³-hybridized carbons (Fsp3) is 0.583. The van der Waals surface area contributed by atoms with Gasteiger partial charge in [-0.15, -0.1) is 0 Å². The van der Waals surface area contributed by atoms with E-state index in [0.29, 0.717) is 25.1 Å². The first-order chi connectivity index (χ1) is 8.24. The van der Waals surface area contributed by atoms with E-state index in [9.17, 15) is 4.79 Å². The van der Waals surface area contributed by atoms with Gasteiger partial charge in [-0.2, -0.15) is 10.4 Å². The van der Waals surface area contributed by atoms with Crippen LogP contribution in [0, 0.1) is 11.3 Å². The Balaban J connectivity index is 2.93. The number of esters is 1. The minimum Gasteiger partial charge on any atom is -0.462 e. The van der Waals surface area contributed by atoms with Crippen LogP contribution in [-0.2, 0) is 17.7 Å². The first-order valence-electron chi connectivity index (χ1n) is 5.83. The highest BCUT2D eigenvalue weighted by molar-refractivity contribution is 5.90. The van der Waals surface area contributed by atoms with Crippen LogP contribution in [0.4, 0.5) is 0 Å². The van der Waals surface area contributed by atoms with Crippen LogP contribution in [0.5, 0.6) is 0 Å². The molecular weight excluding hydrogens is 218 g/mol. The maximum absolute atomic E-state index is 11.7. The first-order valence-corrected chi connectivity index (χ1v) is 5.83. The molecule has 1 heterocycles. The summed E-state index contributed by atoms with van der Waals surface area (Å²) in [6.07, 6.45) is 3.60. The second kappa shape index (κ2) is 6.69. The summed E-state index contributed by atoms with van der Waals surface area (Å²) in [5.41, 5.74) is 1.38. The molecule has 0 fully saturated rings. The number of carbonyl (C=O) groups is 1. The van der Waals surface area contributed by atoms with E-state index in [1.54, 1.807) is 11.6 Å². The van der Waals surface area contributed by atoms with Gasteiger partial charge in [0.1, 0.15) is 5.56 Å². The number of nitriles is 1. The highest BCUT2D eigenvalue weighted by atomic mass is 16.5. The molecule has 0 aliphatic rings. The van der Waals surface area contributed by atoms with Crippen molar-refractivity contribution in [3.05, 3.63) is 17.5 Å². The normalized spacial score (nSPS) is 9.94. The van der Waals surface area contributed by atoms with E-state index in [-0.39, 0.29) is 5.97 Å². The molecule has 0 unspecified atom stereocenters. The lowest BCUT2D eigenvalue weighted by molar-refractivity contribution is 0.0525. The molecular formula is C12H17N3O2. The number of hydrogen-bond acceptors (Lipinski definition) is 4. The van der Waals surface area contributed by atoms with Gasteiger partial charge in [0.25, 0.3) is 0 Å². The van der Waals surface area contributed by atoms with Gasteiger partial charge in [-0.05, 0) is 13.3 Å². The van der Waals surface area contributed by atoms with Crippen LogP contribution in [0.2, 0.25) is 0 Å². The van der Waals surface area contributed by atoms with Crippen LogP contribution in [0.15, 0.2) is 6.20 Å². The molecule has 1 rings (SSSR count). The van der Waals surface area contributed by atoms with Crippen molar-refractivity contribution in [3.8, 4) is 6.07 Å². The lowest BCUT2D eigenvalue weighted by Crippen LogP contribution is -2.10. The summed E-state index contributed by atoms with van der Waals surface area (Å²) in [6.45, 7) is 4.69. The van der Waals surface area contributed by atoms with E-state index in [2.05, 4.69) is 11.2 Å². The molecule has 1 aromatic rings. The Morgan fingerprint density at radius 1 is 1.59 bits per heavy atom. The Bertz CT molecular complexity index is 418. The molecule has 0 radical (unpaired) electrons. The molecule has 0 spiro atoms. The second-order valence-electron chi connectivity index (χ2n) is 3.61. The van der Waals surface area contributed by atoms with E-state index < -0.39 is 0 Å². The minimum atomic E-state index is -0.334. The van der Waals surface area contributed by atoms with Gasteiger partial charge >= 0.3 is 5.97 Å². The van der Waals surface area contributed by atoms with Gasteiger partial charge in [-0.25, -0.2) is 4.79 Å². The molecule has 5 heteroatoms. The van der Waals surface area contributed by atoms with Gasteiger partial charge in [0, 0.05) is 0 Å². The van der Waals surface area contributed by atoms with Crippen molar-refractivity contribution in [2.45, 2.75) is 39.7 Å². The molecule has 0 aliphatic heterocycles. The summed E-state index contributed by atoms with van der Waals surface area (Å²) in [6, 6.07) is 2.07. The maximum atomic E-state index is 11.7. The van der Waals surface area contributed by atoms with Crippen LogP contribution >= 0.6 is 0 Å². The first kappa shape index (κ1) is 13.2. The molecule has 0 N–H and O–H groups in total. The zero-order chi connectivity index (χ0) is 12.7. The van der Waals surface area contributed by atoms with E-state index in [1.807, 2.05) is 6.92 Å². The largest absolute Gasteiger partial charge is 0.462 e. The maximum Gasteiger partial charge on any atom is 0.341 e. The summed E-state index contributed by atoms with van der Waals surface area (Å²) in [5, 5.41) is 12.7. The Morgan fingerprint density at radius 3 is 2.94 bits per heavy atom. The van der Waals surface area contributed by atoms with Crippen LogP contribution < -0.4 is 0 Å². The van der Waals surface area contributed by atoms with Crippen molar-refractivity contribution in [1.82, 2.24) is 9.78 Å². The number of aryl methyl sites for hydroxylation is 1. The summed E-state index contributed by atoms with van der Waals surface area (Å²) in [4.78, 5) is 11.7. The summed E-state index contributed by atoms with van der Waals surface area (Å²) >= 11 is 0. The molecule has 0 saturated heterocycles. The quantitative estimate of drug-likeness (QED) is 0.706. The molecule has 0 aliphatic carbocycles. The Morgan fingerprint density at radius 2 is 2.35 bits per heavy atom.